The Balaban J connectivity index is 1.30. The molecule has 1 aliphatic carbocycles. The summed E-state index contributed by atoms with van der Waals surface area (Å²) >= 11 is 0. The number of carbonyl (C=O) groups is 3. The Morgan fingerprint density at radius 3 is 2.42 bits per heavy atom. The van der Waals surface area contributed by atoms with Crippen molar-refractivity contribution in [1.82, 2.24) is 14.9 Å². The van der Waals surface area contributed by atoms with E-state index in [0.717, 1.165) is 17.7 Å². The number of nitrogens with one attached hydrogen (secondary N) is 3. The molecule has 1 aromatic carbocycles. The molecule has 0 aromatic heterocycles. The summed E-state index contributed by atoms with van der Waals surface area (Å²) in [6.07, 6.45) is 3.12. The van der Waals surface area contributed by atoms with E-state index in [0.29, 0.717) is 18.5 Å². The number of nitrogens with zero attached hydrogens (tertiary/aromatic N) is 1. The van der Waals surface area contributed by atoms with Crippen LogP contribution in [0.15, 0.2) is 29.2 Å². The second-order valence-corrected chi connectivity index (χ2v) is 12.7. The van der Waals surface area contributed by atoms with Crippen LogP contribution >= 0.6 is 0 Å². The lowest BCUT2D eigenvalue weighted by atomic mass is 9.98. The summed E-state index contributed by atoms with van der Waals surface area (Å²) in [7, 11) is -7.12. The highest BCUT2D eigenvalue weighted by Gasteiger charge is 2.52. The molecule has 1 aromatic rings. The van der Waals surface area contributed by atoms with Crippen molar-refractivity contribution >= 4 is 43.4 Å². The van der Waals surface area contributed by atoms with E-state index in [-0.39, 0.29) is 41.7 Å². The smallest absolute Gasteiger partial charge is 0.325 e. The van der Waals surface area contributed by atoms with Gasteiger partial charge < -0.3 is 10.6 Å². The lowest BCUT2D eigenvalue weighted by Crippen LogP contribution is -2.44. The number of urea groups is 1. The first-order chi connectivity index (χ1) is 15.5. The van der Waals surface area contributed by atoms with Crippen molar-refractivity contribution in [2.45, 2.75) is 55.0 Å². The molecule has 3 aliphatic rings. The van der Waals surface area contributed by atoms with Gasteiger partial charge in [-0.2, -0.15) is 0 Å². The van der Waals surface area contributed by atoms with Crippen LogP contribution in [0.4, 0.5) is 10.5 Å². The van der Waals surface area contributed by atoms with Crippen LogP contribution in [0.1, 0.15) is 38.5 Å². The van der Waals surface area contributed by atoms with Crippen molar-refractivity contribution in [3.8, 4) is 0 Å². The van der Waals surface area contributed by atoms with Crippen LogP contribution in [0, 0.1) is 0 Å². The van der Waals surface area contributed by atoms with E-state index in [1.165, 1.54) is 24.3 Å². The quantitative estimate of drug-likeness (QED) is 0.457. The number of sulfonamides is 1. The molecule has 11 nitrogen and oxygen atoms in total. The van der Waals surface area contributed by atoms with Crippen LogP contribution in [0.3, 0.4) is 0 Å². The van der Waals surface area contributed by atoms with E-state index in [4.69, 9.17) is 0 Å². The summed E-state index contributed by atoms with van der Waals surface area (Å²) < 4.78 is 50.4. The van der Waals surface area contributed by atoms with Crippen LogP contribution in [0.5, 0.6) is 0 Å². The monoisotopic (exact) mass is 498 g/mol. The molecule has 13 heteroatoms. The first-order valence-electron chi connectivity index (χ1n) is 10.8. The Morgan fingerprint density at radius 1 is 1.15 bits per heavy atom. The summed E-state index contributed by atoms with van der Waals surface area (Å²) in [5.41, 5.74) is -0.460. The third kappa shape index (κ3) is 5.04. The number of carbonyl (C=O) groups excluding carboxylic acids is 3. The number of hydrogen-bond acceptors (Lipinski definition) is 7. The van der Waals surface area contributed by atoms with Gasteiger partial charge in [0.1, 0.15) is 5.54 Å². The Bertz CT molecular complexity index is 1170. The molecule has 2 heterocycles. The molecule has 2 saturated heterocycles. The number of amides is 4. The third-order valence-electron chi connectivity index (χ3n) is 6.27. The largest absolute Gasteiger partial charge is 0.326 e. The van der Waals surface area contributed by atoms with Crippen LogP contribution < -0.4 is 15.4 Å². The van der Waals surface area contributed by atoms with Gasteiger partial charge in [-0.1, -0.05) is 12.8 Å². The lowest BCUT2D eigenvalue weighted by molar-refractivity contribution is -0.131. The van der Waals surface area contributed by atoms with Gasteiger partial charge in [-0.15, -0.1) is 0 Å². The standard InChI is InChI=1S/C20H26N4O7S2/c25-17(7-11-24-18(26)20(22-19(24)27)9-1-2-10-20)21-14-3-5-16(6-4-14)33(30,31)23-15-8-12-32(28,29)13-15/h3-6,15,23H,1-2,7-13H2,(H,21,25)(H,22,27). The molecule has 3 N–H and O–H groups in total. The maximum Gasteiger partial charge on any atom is 0.325 e. The number of rotatable bonds is 7. The molecular weight excluding hydrogens is 472 g/mol. The summed E-state index contributed by atoms with van der Waals surface area (Å²) in [6.45, 7) is -0.0427. The van der Waals surface area contributed by atoms with Crippen molar-refractivity contribution in [2.24, 2.45) is 0 Å². The van der Waals surface area contributed by atoms with Crippen LogP contribution in [0.25, 0.3) is 0 Å². The maximum atomic E-state index is 12.6. The van der Waals surface area contributed by atoms with E-state index in [1.807, 2.05) is 0 Å². The third-order valence-corrected chi connectivity index (χ3v) is 9.57. The molecule has 3 fully saturated rings. The predicted octanol–water partition coefficient (Wildman–Crippen LogP) is 0.345. The molecular formula is C20H26N4O7S2. The number of hydrogen-bond donors (Lipinski definition) is 3. The number of sulfone groups is 1. The highest BCUT2D eigenvalue weighted by molar-refractivity contribution is 7.92. The summed E-state index contributed by atoms with van der Waals surface area (Å²) in [6, 6.07) is 4.31. The molecule has 180 valence electrons. The Morgan fingerprint density at radius 2 is 1.82 bits per heavy atom. The Hall–Kier alpha value is -2.51. The molecule has 1 saturated carbocycles. The molecule has 0 radical (unpaired) electrons. The normalized spacial score (nSPS) is 23.8. The number of benzene rings is 1. The zero-order valence-electron chi connectivity index (χ0n) is 17.9. The fourth-order valence-electron chi connectivity index (χ4n) is 4.53. The van der Waals surface area contributed by atoms with Crippen LogP contribution in [-0.4, -0.2) is 69.2 Å². The number of anilines is 1. The summed E-state index contributed by atoms with van der Waals surface area (Å²) in [5, 5.41) is 5.38. The minimum atomic E-state index is -3.90. The SMILES string of the molecule is O=C(CCN1C(=O)NC2(CCCC2)C1=O)Nc1ccc(S(=O)(=O)NC2CCS(=O)(=O)C2)cc1. The van der Waals surface area contributed by atoms with Crippen molar-refractivity contribution < 1.29 is 31.2 Å². The van der Waals surface area contributed by atoms with Crippen molar-refractivity contribution in [3.05, 3.63) is 24.3 Å². The topological polar surface area (TPSA) is 159 Å². The molecule has 2 aliphatic heterocycles. The highest BCUT2D eigenvalue weighted by Crippen LogP contribution is 2.35. The molecule has 33 heavy (non-hydrogen) atoms. The fourth-order valence-corrected chi connectivity index (χ4v) is 7.58. The highest BCUT2D eigenvalue weighted by atomic mass is 32.2. The van der Waals surface area contributed by atoms with Gasteiger partial charge in [-0.3, -0.25) is 14.5 Å². The Labute approximate surface area is 192 Å². The van der Waals surface area contributed by atoms with Gasteiger partial charge in [0.05, 0.1) is 16.4 Å². The molecule has 0 bridgehead atoms. The van der Waals surface area contributed by atoms with Crippen molar-refractivity contribution in [1.29, 1.82) is 0 Å². The zero-order valence-corrected chi connectivity index (χ0v) is 19.5. The van der Waals surface area contributed by atoms with E-state index >= 15 is 0 Å². The average molecular weight is 499 g/mol. The van der Waals surface area contributed by atoms with Crippen LogP contribution in [0.2, 0.25) is 0 Å². The lowest BCUT2D eigenvalue weighted by Gasteiger charge is -2.19. The first kappa shape index (κ1) is 23.6. The van der Waals surface area contributed by atoms with Gasteiger partial charge in [-0.05, 0) is 43.5 Å². The summed E-state index contributed by atoms with van der Waals surface area (Å²) in [4.78, 5) is 38.1. The molecule has 1 atom stereocenters. The molecule has 4 amide bonds. The summed E-state index contributed by atoms with van der Waals surface area (Å²) in [5.74, 6) is -0.974. The van der Waals surface area contributed by atoms with Crippen molar-refractivity contribution in [3.63, 3.8) is 0 Å². The Kier molecular flexibility index (Phi) is 6.22. The van der Waals surface area contributed by atoms with E-state index < -0.39 is 43.4 Å². The molecule has 1 unspecified atom stereocenters. The van der Waals surface area contributed by atoms with Gasteiger partial charge in [0.15, 0.2) is 9.84 Å². The van der Waals surface area contributed by atoms with Crippen LogP contribution in [-0.2, 0) is 29.4 Å². The van der Waals surface area contributed by atoms with E-state index in [2.05, 4.69) is 15.4 Å². The minimum absolute atomic E-state index is 0.0427. The second kappa shape index (κ2) is 8.69. The predicted molar refractivity (Wildman–Crippen MR) is 119 cm³/mol. The maximum absolute atomic E-state index is 12.6. The average Bonchev–Trinajstić information content (AvgIpc) is 3.40. The number of imide groups is 1. The minimum Gasteiger partial charge on any atom is -0.326 e. The van der Waals surface area contributed by atoms with Gasteiger partial charge in [0.25, 0.3) is 5.91 Å². The molecule has 4 rings (SSSR count). The van der Waals surface area contributed by atoms with Gasteiger partial charge in [0, 0.05) is 24.7 Å². The van der Waals surface area contributed by atoms with Gasteiger partial charge in [-0.25, -0.2) is 26.4 Å². The fraction of sp³-hybridized carbons (Fsp3) is 0.550. The molecule has 1 spiro atoms. The first-order valence-corrected chi connectivity index (χ1v) is 14.1. The van der Waals surface area contributed by atoms with E-state index in [9.17, 15) is 31.2 Å². The van der Waals surface area contributed by atoms with Gasteiger partial charge in [0.2, 0.25) is 15.9 Å². The second-order valence-electron chi connectivity index (χ2n) is 8.72. The van der Waals surface area contributed by atoms with Crippen molar-refractivity contribution in [2.75, 3.05) is 23.4 Å². The zero-order chi connectivity index (χ0) is 23.9. The van der Waals surface area contributed by atoms with E-state index in [1.54, 1.807) is 0 Å². The van der Waals surface area contributed by atoms with Gasteiger partial charge >= 0.3 is 6.03 Å².